The van der Waals surface area contributed by atoms with Gasteiger partial charge in [0, 0.05) is 4.47 Å². The number of alkyl halides is 3. The van der Waals surface area contributed by atoms with E-state index in [1.165, 1.54) is 0 Å². The van der Waals surface area contributed by atoms with Crippen molar-refractivity contribution in [2.75, 3.05) is 5.73 Å². The highest BCUT2D eigenvalue weighted by Crippen LogP contribution is 2.37. The van der Waals surface area contributed by atoms with Gasteiger partial charge in [-0.15, -0.1) is 0 Å². The lowest BCUT2D eigenvalue weighted by Crippen LogP contribution is -2.12. The maximum Gasteiger partial charge on any atom is 0.418 e. The van der Waals surface area contributed by atoms with E-state index >= 15 is 0 Å². The Hall–Kier alpha value is -1.04. The molecular weight excluding hydrogens is 275 g/mol. The standard InChI is InChI=1S/C9H7BrF3NO/c1-4(15)7-6(10)3-2-5(8(7)14)9(11,12)13/h2-3H,14H2,1H3. The molecule has 0 aliphatic heterocycles. The lowest BCUT2D eigenvalue weighted by Gasteiger charge is -2.13. The molecule has 0 bridgehead atoms. The van der Waals surface area contributed by atoms with Crippen molar-refractivity contribution in [1.29, 1.82) is 0 Å². The highest BCUT2D eigenvalue weighted by molar-refractivity contribution is 9.10. The van der Waals surface area contributed by atoms with E-state index in [1.54, 1.807) is 0 Å². The van der Waals surface area contributed by atoms with Crippen LogP contribution in [0.3, 0.4) is 0 Å². The third kappa shape index (κ3) is 2.31. The van der Waals surface area contributed by atoms with Gasteiger partial charge in [0.25, 0.3) is 0 Å². The first-order valence-electron chi connectivity index (χ1n) is 3.91. The number of anilines is 1. The fraction of sp³-hybridized carbons (Fsp3) is 0.222. The molecule has 82 valence electrons. The number of halogens is 4. The number of Topliss-reactive ketones (excluding diaryl/α,β-unsaturated/α-hetero) is 1. The molecular formula is C9H7BrF3NO. The molecule has 0 radical (unpaired) electrons. The van der Waals surface area contributed by atoms with E-state index in [0.717, 1.165) is 19.1 Å². The minimum atomic E-state index is -4.55. The monoisotopic (exact) mass is 281 g/mol. The van der Waals surface area contributed by atoms with Crippen molar-refractivity contribution in [2.45, 2.75) is 13.1 Å². The average molecular weight is 282 g/mol. The second-order valence-electron chi connectivity index (χ2n) is 2.94. The van der Waals surface area contributed by atoms with Crippen LogP contribution in [0, 0.1) is 0 Å². The molecule has 0 aliphatic rings. The molecule has 0 aromatic heterocycles. The number of benzene rings is 1. The van der Waals surface area contributed by atoms with E-state index in [9.17, 15) is 18.0 Å². The van der Waals surface area contributed by atoms with E-state index in [2.05, 4.69) is 15.9 Å². The van der Waals surface area contributed by atoms with Crippen LogP contribution in [-0.4, -0.2) is 5.78 Å². The summed E-state index contributed by atoms with van der Waals surface area (Å²) in [6.45, 7) is 1.16. The smallest absolute Gasteiger partial charge is 0.398 e. The van der Waals surface area contributed by atoms with E-state index < -0.39 is 23.2 Å². The van der Waals surface area contributed by atoms with Crippen molar-refractivity contribution in [3.63, 3.8) is 0 Å². The van der Waals surface area contributed by atoms with Crippen LogP contribution in [0.15, 0.2) is 16.6 Å². The molecule has 0 heterocycles. The van der Waals surface area contributed by atoms with Crippen LogP contribution in [0.25, 0.3) is 0 Å². The van der Waals surface area contributed by atoms with Crippen molar-refractivity contribution in [3.8, 4) is 0 Å². The molecule has 0 spiro atoms. The first-order valence-corrected chi connectivity index (χ1v) is 4.70. The predicted molar refractivity (Wildman–Crippen MR) is 53.6 cm³/mol. The summed E-state index contributed by atoms with van der Waals surface area (Å²) in [7, 11) is 0. The number of ketones is 1. The van der Waals surface area contributed by atoms with Crippen LogP contribution in [0.5, 0.6) is 0 Å². The second kappa shape index (κ2) is 3.84. The number of carbonyl (C=O) groups is 1. The highest BCUT2D eigenvalue weighted by atomic mass is 79.9. The van der Waals surface area contributed by atoms with Crippen LogP contribution in [0.4, 0.5) is 18.9 Å². The first kappa shape index (κ1) is 12.0. The van der Waals surface area contributed by atoms with E-state index in [4.69, 9.17) is 5.73 Å². The van der Waals surface area contributed by atoms with Crippen molar-refractivity contribution in [1.82, 2.24) is 0 Å². The molecule has 15 heavy (non-hydrogen) atoms. The number of nitrogen functional groups attached to an aromatic ring is 1. The predicted octanol–water partition coefficient (Wildman–Crippen LogP) is 3.25. The van der Waals surface area contributed by atoms with Gasteiger partial charge >= 0.3 is 6.18 Å². The molecule has 0 saturated heterocycles. The Kier molecular flexibility index (Phi) is 3.08. The van der Waals surface area contributed by atoms with Crippen LogP contribution in [-0.2, 0) is 6.18 Å². The fourth-order valence-corrected chi connectivity index (χ4v) is 1.82. The number of rotatable bonds is 1. The summed E-state index contributed by atoms with van der Waals surface area (Å²) in [6.07, 6.45) is -4.55. The molecule has 1 rings (SSSR count). The Bertz CT molecular complexity index is 415. The molecule has 0 fully saturated rings. The van der Waals surface area contributed by atoms with Gasteiger partial charge in [0.2, 0.25) is 0 Å². The van der Waals surface area contributed by atoms with Crippen molar-refractivity contribution in [3.05, 3.63) is 27.7 Å². The molecule has 6 heteroatoms. The van der Waals surface area contributed by atoms with Gasteiger partial charge in [-0.3, -0.25) is 4.79 Å². The summed E-state index contributed by atoms with van der Waals surface area (Å²) in [5.74, 6) is -0.509. The van der Waals surface area contributed by atoms with Gasteiger partial charge in [-0.05, 0) is 35.0 Å². The molecule has 0 saturated carbocycles. The SMILES string of the molecule is CC(=O)c1c(Br)ccc(C(F)(F)F)c1N. The zero-order valence-corrected chi connectivity index (χ0v) is 9.24. The summed E-state index contributed by atoms with van der Waals surface area (Å²) in [5, 5.41) is 0. The summed E-state index contributed by atoms with van der Waals surface area (Å²) in [5.41, 5.74) is 3.64. The fourth-order valence-electron chi connectivity index (χ4n) is 1.20. The average Bonchev–Trinajstić information content (AvgIpc) is 2.00. The number of carbonyl (C=O) groups excluding carboxylic acids is 1. The minimum Gasteiger partial charge on any atom is -0.398 e. The van der Waals surface area contributed by atoms with Gasteiger partial charge in [-0.25, -0.2) is 0 Å². The summed E-state index contributed by atoms with van der Waals surface area (Å²) in [6, 6.07) is 2.00. The van der Waals surface area contributed by atoms with Gasteiger partial charge in [-0.2, -0.15) is 13.2 Å². The first-order chi connectivity index (χ1) is 6.75. The molecule has 1 aromatic carbocycles. The van der Waals surface area contributed by atoms with Crippen LogP contribution in [0.2, 0.25) is 0 Å². The maximum absolute atomic E-state index is 12.4. The van der Waals surface area contributed by atoms with Gasteiger partial charge < -0.3 is 5.73 Å². The van der Waals surface area contributed by atoms with Crippen molar-refractivity contribution in [2.24, 2.45) is 0 Å². The lowest BCUT2D eigenvalue weighted by atomic mass is 10.0. The van der Waals surface area contributed by atoms with Crippen LogP contribution in [0.1, 0.15) is 22.8 Å². The van der Waals surface area contributed by atoms with Crippen LogP contribution < -0.4 is 5.73 Å². The third-order valence-corrected chi connectivity index (χ3v) is 2.51. The van der Waals surface area contributed by atoms with Crippen molar-refractivity contribution >= 4 is 27.4 Å². The maximum atomic E-state index is 12.4. The molecule has 2 N–H and O–H groups in total. The summed E-state index contributed by atoms with van der Waals surface area (Å²) >= 11 is 2.98. The Morgan fingerprint density at radius 2 is 1.93 bits per heavy atom. The lowest BCUT2D eigenvalue weighted by molar-refractivity contribution is -0.136. The molecule has 0 amide bonds. The van der Waals surface area contributed by atoms with Gasteiger partial charge in [0.1, 0.15) is 0 Å². The highest BCUT2D eigenvalue weighted by Gasteiger charge is 2.34. The zero-order chi connectivity index (χ0) is 11.8. The summed E-state index contributed by atoms with van der Waals surface area (Å²) < 4.78 is 37.5. The topological polar surface area (TPSA) is 43.1 Å². The normalized spacial score (nSPS) is 11.5. The Balaban J connectivity index is 3.49. The number of hydrogen-bond donors (Lipinski definition) is 1. The molecule has 0 unspecified atom stereocenters. The minimum absolute atomic E-state index is 0.134. The molecule has 2 nitrogen and oxygen atoms in total. The van der Waals surface area contributed by atoms with E-state index in [0.29, 0.717) is 0 Å². The molecule has 0 atom stereocenters. The third-order valence-electron chi connectivity index (χ3n) is 1.85. The van der Waals surface area contributed by atoms with Gasteiger partial charge in [0.15, 0.2) is 5.78 Å². The molecule has 1 aromatic rings. The number of hydrogen-bond acceptors (Lipinski definition) is 2. The summed E-state index contributed by atoms with van der Waals surface area (Å²) in [4.78, 5) is 11.1. The quantitative estimate of drug-likeness (QED) is 0.634. The van der Waals surface area contributed by atoms with Crippen LogP contribution >= 0.6 is 15.9 Å². The van der Waals surface area contributed by atoms with Gasteiger partial charge in [0.05, 0.1) is 16.8 Å². The Morgan fingerprint density at radius 3 is 2.33 bits per heavy atom. The second-order valence-corrected chi connectivity index (χ2v) is 3.79. The van der Waals surface area contributed by atoms with Crippen molar-refractivity contribution < 1.29 is 18.0 Å². The largest absolute Gasteiger partial charge is 0.418 e. The molecule has 0 aliphatic carbocycles. The Labute approximate surface area is 92.4 Å². The Morgan fingerprint density at radius 1 is 1.40 bits per heavy atom. The van der Waals surface area contributed by atoms with E-state index in [1.807, 2.05) is 0 Å². The van der Waals surface area contributed by atoms with Gasteiger partial charge in [-0.1, -0.05) is 0 Å². The zero-order valence-electron chi connectivity index (χ0n) is 7.65. The number of nitrogens with two attached hydrogens (primary N) is 1. The van der Waals surface area contributed by atoms with E-state index in [-0.39, 0.29) is 10.0 Å².